The van der Waals surface area contributed by atoms with Gasteiger partial charge in [-0.25, -0.2) is 13.4 Å². The molecular weight excluding hydrogens is 290 g/mol. The monoisotopic (exact) mass is 313 g/mol. The molecule has 1 aliphatic rings. The Morgan fingerprint density at radius 1 is 1.48 bits per heavy atom. The first kappa shape index (κ1) is 16.2. The van der Waals surface area contributed by atoms with E-state index in [2.05, 4.69) is 17.2 Å². The molecule has 0 spiro atoms. The van der Waals surface area contributed by atoms with E-state index in [-0.39, 0.29) is 11.0 Å². The van der Waals surface area contributed by atoms with Gasteiger partial charge < -0.3 is 10.1 Å². The molecule has 0 aliphatic carbocycles. The Balaban J connectivity index is 2.14. The van der Waals surface area contributed by atoms with Crippen molar-refractivity contribution in [2.75, 3.05) is 31.6 Å². The van der Waals surface area contributed by atoms with Gasteiger partial charge in [0.1, 0.15) is 10.7 Å². The van der Waals surface area contributed by atoms with Gasteiger partial charge in [0, 0.05) is 32.4 Å². The second-order valence-corrected chi connectivity index (χ2v) is 7.14. The Morgan fingerprint density at radius 2 is 2.29 bits per heavy atom. The Bertz CT molecular complexity index is 545. The molecule has 118 valence electrons. The number of rotatable bonds is 5. The van der Waals surface area contributed by atoms with Crippen molar-refractivity contribution in [3.05, 3.63) is 18.3 Å². The van der Waals surface area contributed by atoms with Crippen molar-refractivity contribution >= 4 is 15.8 Å². The molecule has 2 heterocycles. The van der Waals surface area contributed by atoms with Gasteiger partial charge >= 0.3 is 0 Å². The molecule has 0 aromatic carbocycles. The van der Waals surface area contributed by atoms with Crippen molar-refractivity contribution in [3.63, 3.8) is 0 Å². The van der Waals surface area contributed by atoms with Gasteiger partial charge in [0.2, 0.25) is 10.0 Å². The third-order valence-corrected chi connectivity index (χ3v) is 5.19. The number of pyridine rings is 1. The molecule has 1 unspecified atom stereocenters. The van der Waals surface area contributed by atoms with Crippen LogP contribution in [0.25, 0.3) is 0 Å². The van der Waals surface area contributed by atoms with Crippen LogP contribution < -0.4 is 5.32 Å². The number of anilines is 1. The van der Waals surface area contributed by atoms with Crippen LogP contribution in [0, 0.1) is 0 Å². The third kappa shape index (κ3) is 4.15. The van der Waals surface area contributed by atoms with Crippen LogP contribution in [-0.4, -0.2) is 50.1 Å². The molecule has 1 aromatic heterocycles. The molecule has 0 radical (unpaired) electrons. The van der Waals surface area contributed by atoms with E-state index in [1.54, 1.807) is 12.1 Å². The van der Waals surface area contributed by atoms with Crippen molar-refractivity contribution < 1.29 is 13.2 Å². The fraction of sp³-hybridized carbons (Fsp3) is 0.643. The summed E-state index contributed by atoms with van der Waals surface area (Å²) in [6.45, 7) is 6.25. The van der Waals surface area contributed by atoms with Crippen LogP contribution in [-0.2, 0) is 14.8 Å². The summed E-state index contributed by atoms with van der Waals surface area (Å²) < 4.78 is 32.2. The van der Waals surface area contributed by atoms with E-state index in [9.17, 15) is 8.42 Å². The van der Waals surface area contributed by atoms with Gasteiger partial charge in [-0.15, -0.1) is 0 Å². The van der Waals surface area contributed by atoms with Crippen LogP contribution in [0.5, 0.6) is 0 Å². The predicted octanol–water partition coefficient (Wildman–Crippen LogP) is 1.70. The van der Waals surface area contributed by atoms with E-state index in [4.69, 9.17) is 4.74 Å². The van der Waals surface area contributed by atoms with Crippen molar-refractivity contribution in [2.45, 2.75) is 37.7 Å². The highest BCUT2D eigenvalue weighted by Crippen LogP contribution is 2.19. The van der Waals surface area contributed by atoms with Crippen LogP contribution >= 0.6 is 0 Å². The molecule has 1 saturated heterocycles. The first-order chi connectivity index (χ1) is 10.0. The van der Waals surface area contributed by atoms with Gasteiger partial charge in [-0.3, -0.25) is 0 Å². The summed E-state index contributed by atoms with van der Waals surface area (Å²) in [5, 5.41) is 3.13. The Labute approximate surface area is 126 Å². The lowest BCUT2D eigenvalue weighted by Crippen LogP contribution is -2.36. The second-order valence-electron chi connectivity index (χ2n) is 5.20. The minimum Gasteiger partial charge on any atom is -0.377 e. The van der Waals surface area contributed by atoms with Crippen molar-refractivity contribution in [3.8, 4) is 0 Å². The zero-order chi connectivity index (χ0) is 15.3. The summed E-state index contributed by atoms with van der Waals surface area (Å²) in [6.07, 6.45) is 3.05. The molecule has 2 rings (SSSR count). The molecule has 0 saturated carbocycles. The smallest absolute Gasteiger partial charge is 0.244 e. The van der Waals surface area contributed by atoms with E-state index in [0.717, 1.165) is 13.0 Å². The SMILES string of the molecule is CCCNc1ccc(S(=O)(=O)N2CCCOC(C)C2)cn1. The Morgan fingerprint density at radius 3 is 2.95 bits per heavy atom. The highest BCUT2D eigenvalue weighted by Gasteiger charge is 2.28. The predicted molar refractivity (Wildman–Crippen MR) is 81.8 cm³/mol. The molecule has 1 atom stereocenters. The van der Waals surface area contributed by atoms with Gasteiger partial charge in [-0.2, -0.15) is 4.31 Å². The average molecular weight is 313 g/mol. The molecule has 1 aromatic rings. The van der Waals surface area contributed by atoms with Crippen molar-refractivity contribution in [1.82, 2.24) is 9.29 Å². The highest BCUT2D eigenvalue weighted by molar-refractivity contribution is 7.89. The first-order valence-corrected chi connectivity index (χ1v) is 8.79. The molecule has 6 nitrogen and oxygen atoms in total. The van der Waals surface area contributed by atoms with Crippen LogP contribution in [0.3, 0.4) is 0 Å². The van der Waals surface area contributed by atoms with Crippen LogP contribution in [0.2, 0.25) is 0 Å². The van der Waals surface area contributed by atoms with Gasteiger partial charge in [0.15, 0.2) is 0 Å². The van der Waals surface area contributed by atoms with E-state index in [1.807, 2.05) is 6.92 Å². The van der Waals surface area contributed by atoms with Gasteiger partial charge in [0.25, 0.3) is 0 Å². The van der Waals surface area contributed by atoms with Crippen LogP contribution in [0.4, 0.5) is 5.82 Å². The molecule has 0 amide bonds. The average Bonchev–Trinajstić information content (AvgIpc) is 2.70. The lowest BCUT2D eigenvalue weighted by atomic mass is 10.4. The lowest BCUT2D eigenvalue weighted by molar-refractivity contribution is 0.0752. The fourth-order valence-electron chi connectivity index (χ4n) is 2.21. The summed E-state index contributed by atoms with van der Waals surface area (Å²) in [7, 11) is -3.49. The Kier molecular flexibility index (Phi) is 5.55. The standard InChI is InChI=1S/C14H23N3O3S/c1-3-7-15-14-6-5-13(10-16-14)21(18,19)17-8-4-9-20-12(2)11-17/h5-6,10,12H,3-4,7-9,11H2,1-2H3,(H,15,16). The van der Waals surface area contributed by atoms with E-state index in [1.165, 1.54) is 10.5 Å². The summed E-state index contributed by atoms with van der Waals surface area (Å²) in [6, 6.07) is 3.32. The van der Waals surface area contributed by atoms with E-state index >= 15 is 0 Å². The van der Waals surface area contributed by atoms with Crippen molar-refractivity contribution in [1.29, 1.82) is 0 Å². The normalized spacial score (nSPS) is 21.0. The topological polar surface area (TPSA) is 71.5 Å². The minimum absolute atomic E-state index is 0.0827. The highest BCUT2D eigenvalue weighted by atomic mass is 32.2. The summed E-state index contributed by atoms with van der Waals surface area (Å²) >= 11 is 0. The second kappa shape index (κ2) is 7.20. The zero-order valence-corrected chi connectivity index (χ0v) is 13.4. The number of ether oxygens (including phenoxy) is 1. The summed E-state index contributed by atoms with van der Waals surface area (Å²) in [5.74, 6) is 0.698. The number of sulfonamides is 1. The maximum absolute atomic E-state index is 12.6. The van der Waals surface area contributed by atoms with Crippen LogP contribution in [0.15, 0.2) is 23.2 Å². The summed E-state index contributed by atoms with van der Waals surface area (Å²) in [5.41, 5.74) is 0. The number of nitrogens with one attached hydrogen (secondary N) is 1. The van der Waals surface area contributed by atoms with E-state index < -0.39 is 10.0 Å². The van der Waals surface area contributed by atoms with Crippen LogP contribution in [0.1, 0.15) is 26.7 Å². The lowest BCUT2D eigenvalue weighted by Gasteiger charge is -2.21. The quantitative estimate of drug-likeness (QED) is 0.896. The Hall–Kier alpha value is -1.18. The van der Waals surface area contributed by atoms with Gasteiger partial charge in [-0.1, -0.05) is 6.92 Å². The maximum atomic E-state index is 12.6. The van der Waals surface area contributed by atoms with Gasteiger partial charge in [0.05, 0.1) is 6.10 Å². The molecule has 1 N–H and O–H groups in total. The minimum atomic E-state index is -3.49. The number of nitrogens with zero attached hydrogens (tertiary/aromatic N) is 2. The van der Waals surface area contributed by atoms with E-state index in [0.29, 0.717) is 31.9 Å². The van der Waals surface area contributed by atoms with Gasteiger partial charge in [-0.05, 0) is 31.9 Å². The van der Waals surface area contributed by atoms with Crippen molar-refractivity contribution in [2.24, 2.45) is 0 Å². The largest absolute Gasteiger partial charge is 0.377 e. The third-order valence-electron chi connectivity index (χ3n) is 3.35. The number of hydrogen-bond donors (Lipinski definition) is 1. The molecule has 1 fully saturated rings. The number of aromatic nitrogens is 1. The fourth-order valence-corrected chi connectivity index (χ4v) is 3.71. The molecule has 7 heteroatoms. The summed E-state index contributed by atoms with van der Waals surface area (Å²) in [4.78, 5) is 4.41. The molecule has 1 aliphatic heterocycles. The zero-order valence-electron chi connectivity index (χ0n) is 12.6. The first-order valence-electron chi connectivity index (χ1n) is 7.35. The maximum Gasteiger partial charge on any atom is 0.244 e. The molecule has 21 heavy (non-hydrogen) atoms. The number of hydrogen-bond acceptors (Lipinski definition) is 5. The molecule has 0 bridgehead atoms. The molecular formula is C14H23N3O3S.